The van der Waals surface area contributed by atoms with E-state index in [-0.39, 0.29) is 6.61 Å². The van der Waals surface area contributed by atoms with Gasteiger partial charge in [0.2, 0.25) is 0 Å². The monoisotopic (exact) mass is 169 g/mol. The van der Waals surface area contributed by atoms with Crippen molar-refractivity contribution in [2.45, 2.75) is 18.6 Å². The highest BCUT2D eigenvalue weighted by atomic mass is 19.4. The smallest absolute Gasteiger partial charge is 0.379 e. The van der Waals surface area contributed by atoms with Crippen LogP contribution in [0.15, 0.2) is 0 Å². The molecule has 0 aliphatic carbocycles. The molecule has 0 bridgehead atoms. The number of hydrogen-bond donors (Lipinski definition) is 1. The Hall–Kier alpha value is -0.290. The molecule has 1 unspecified atom stereocenters. The van der Waals surface area contributed by atoms with Gasteiger partial charge in [0.25, 0.3) is 0 Å². The van der Waals surface area contributed by atoms with Crippen LogP contribution in [0, 0.1) is 0 Å². The maximum atomic E-state index is 12.0. The Morgan fingerprint density at radius 2 is 2.09 bits per heavy atom. The van der Waals surface area contributed by atoms with Gasteiger partial charge in [0.05, 0.1) is 6.61 Å². The molecule has 0 spiro atoms. The van der Waals surface area contributed by atoms with E-state index in [1.165, 1.54) is 0 Å². The third-order valence-corrected chi connectivity index (χ3v) is 1.54. The lowest BCUT2D eigenvalue weighted by molar-refractivity contribution is -0.164. The summed E-state index contributed by atoms with van der Waals surface area (Å²) >= 11 is 0. The van der Waals surface area contributed by atoms with Crippen LogP contribution >= 0.6 is 0 Å². The molecule has 11 heavy (non-hydrogen) atoms. The van der Waals surface area contributed by atoms with Gasteiger partial charge in [0.1, 0.15) is 6.04 Å². The SMILES string of the molecule is FC(F)(F)C1COCCCN1. The van der Waals surface area contributed by atoms with Gasteiger partial charge in [-0.15, -0.1) is 0 Å². The molecule has 1 aliphatic rings. The topological polar surface area (TPSA) is 21.3 Å². The minimum atomic E-state index is -4.18. The second-order valence-corrected chi connectivity index (χ2v) is 2.48. The fraction of sp³-hybridized carbons (Fsp3) is 1.00. The minimum Gasteiger partial charge on any atom is -0.379 e. The highest BCUT2D eigenvalue weighted by Gasteiger charge is 2.39. The van der Waals surface area contributed by atoms with Gasteiger partial charge >= 0.3 is 6.18 Å². The molecular weight excluding hydrogens is 159 g/mol. The van der Waals surface area contributed by atoms with Crippen molar-refractivity contribution in [1.82, 2.24) is 5.32 Å². The highest BCUT2D eigenvalue weighted by molar-refractivity contribution is 4.76. The van der Waals surface area contributed by atoms with Crippen LogP contribution in [0.3, 0.4) is 0 Å². The van der Waals surface area contributed by atoms with E-state index in [0.717, 1.165) is 0 Å². The van der Waals surface area contributed by atoms with Crippen LogP contribution in [0.25, 0.3) is 0 Å². The number of rotatable bonds is 0. The molecule has 2 nitrogen and oxygen atoms in total. The minimum absolute atomic E-state index is 0.260. The van der Waals surface area contributed by atoms with Gasteiger partial charge in [-0.3, -0.25) is 0 Å². The van der Waals surface area contributed by atoms with E-state index in [9.17, 15) is 13.2 Å². The van der Waals surface area contributed by atoms with Gasteiger partial charge in [-0.1, -0.05) is 0 Å². The number of ether oxygens (including phenoxy) is 1. The van der Waals surface area contributed by atoms with E-state index in [0.29, 0.717) is 19.6 Å². The first-order valence-electron chi connectivity index (χ1n) is 3.48. The molecule has 1 heterocycles. The zero-order valence-corrected chi connectivity index (χ0v) is 5.95. The third kappa shape index (κ3) is 2.67. The van der Waals surface area contributed by atoms with Crippen molar-refractivity contribution in [2.24, 2.45) is 0 Å². The summed E-state index contributed by atoms with van der Waals surface area (Å²) in [6, 6.07) is -1.48. The first-order chi connectivity index (χ1) is 5.11. The second-order valence-electron chi connectivity index (χ2n) is 2.48. The predicted octanol–water partition coefficient (Wildman–Crippen LogP) is 0.927. The first-order valence-corrected chi connectivity index (χ1v) is 3.48. The average Bonchev–Trinajstić information content (AvgIpc) is 2.10. The summed E-state index contributed by atoms with van der Waals surface area (Å²) in [6.07, 6.45) is -3.53. The van der Waals surface area contributed by atoms with Crippen molar-refractivity contribution in [3.8, 4) is 0 Å². The lowest BCUT2D eigenvalue weighted by atomic mass is 10.3. The molecule has 0 saturated carbocycles. The summed E-state index contributed by atoms with van der Waals surface area (Å²) < 4.78 is 40.7. The van der Waals surface area contributed by atoms with Crippen molar-refractivity contribution in [3.63, 3.8) is 0 Å². The Morgan fingerprint density at radius 1 is 1.36 bits per heavy atom. The molecular formula is C6H10F3NO. The molecule has 1 saturated heterocycles. The molecule has 1 aliphatic heterocycles. The van der Waals surface area contributed by atoms with E-state index >= 15 is 0 Å². The largest absolute Gasteiger partial charge is 0.406 e. The number of nitrogens with one attached hydrogen (secondary N) is 1. The first kappa shape index (κ1) is 8.80. The number of alkyl halides is 3. The highest BCUT2D eigenvalue weighted by Crippen LogP contribution is 2.21. The summed E-state index contributed by atoms with van der Waals surface area (Å²) in [5, 5.41) is 2.37. The summed E-state index contributed by atoms with van der Waals surface area (Å²) in [5.41, 5.74) is 0. The summed E-state index contributed by atoms with van der Waals surface area (Å²) in [5.74, 6) is 0. The Labute approximate surface area is 62.7 Å². The average molecular weight is 169 g/mol. The molecule has 0 aromatic heterocycles. The molecule has 1 rings (SSSR count). The maximum absolute atomic E-state index is 12.0. The van der Waals surface area contributed by atoms with Gasteiger partial charge in [-0.2, -0.15) is 13.2 Å². The molecule has 5 heteroatoms. The molecule has 0 amide bonds. The number of hydrogen-bond acceptors (Lipinski definition) is 2. The van der Waals surface area contributed by atoms with Crippen LogP contribution in [-0.2, 0) is 4.74 Å². The normalized spacial score (nSPS) is 28.1. The van der Waals surface area contributed by atoms with Crippen LogP contribution in [0.5, 0.6) is 0 Å². The van der Waals surface area contributed by atoms with Crippen LogP contribution in [0.2, 0.25) is 0 Å². The van der Waals surface area contributed by atoms with Crippen molar-refractivity contribution in [2.75, 3.05) is 19.8 Å². The van der Waals surface area contributed by atoms with Crippen molar-refractivity contribution < 1.29 is 17.9 Å². The lowest BCUT2D eigenvalue weighted by Crippen LogP contribution is -2.44. The van der Waals surface area contributed by atoms with Crippen molar-refractivity contribution in [3.05, 3.63) is 0 Å². The fourth-order valence-electron chi connectivity index (χ4n) is 0.921. The predicted molar refractivity (Wildman–Crippen MR) is 33.3 cm³/mol. The summed E-state index contributed by atoms with van der Waals surface area (Å²) in [6.45, 7) is 0.535. The Balaban J connectivity index is 2.43. The van der Waals surface area contributed by atoms with E-state index < -0.39 is 12.2 Å². The van der Waals surface area contributed by atoms with Gasteiger partial charge in [0.15, 0.2) is 0 Å². The van der Waals surface area contributed by atoms with E-state index in [4.69, 9.17) is 4.74 Å². The zero-order valence-electron chi connectivity index (χ0n) is 5.95. The molecule has 1 N–H and O–H groups in total. The van der Waals surface area contributed by atoms with Gasteiger partial charge in [-0.25, -0.2) is 0 Å². The third-order valence-electron chi connectivity index (χ3n) is 1.54. The Bertz CT molecular complexity index is 117. The molecule has 0 aromatic carbocycles. The molecule has 0 radical (unpaired) electrons. The van der Waals surface area contributed by atoms with Crippen LogP contribution in [0.1, 0.15) is 6.42 Å². The fourth-order valence-corrected chi connectivity index (χ4v) is 0.921. The second kappa shape index (κ2) is 3.40. The lowest BCUT2D eigenvalue weighted by Gasteiger charge is -2.18. The molecule has 1 fully saturated rings. The summed E-state index contributed by atoms with van der Waals surface area (Å²) in [7, 11) is 0. The van der Waals surface area contributed by atoms with Crippen LogP contribution in [-0.4, -0.2) is 32.0 Å². The van der Waals surface area contributed by atoms with Gasteiger partial charge in [-0.05, 0) is 13.0 Å². The maximum Gasteiger partial charge on any atom is 0.406 e. The van der Waals surface area contributed by atoms with Crippen molar-refractivity contribution in [1.29, 1.82) is 0 Å². The number of halogens is 3. The zero-order chi connectivity index (χ0) is 8.32. The molecule has 1 atom stereocenters. The van der Waals surface area contributed by atoms with Crippen LogP contribution < -0.4 is 5.32 Å². The van der Waals surface area contributed by atoms with E-state index in [2.05, 4.69) is 5.32 Å². The molecule has 66 valence electrons. The van der Waals surface area contributed by atoms with Crippen molar-refractivity contribution >= 4 is 0 Å². The van der Waals surface area contributed by atoms with Crippen LogP contribution in [0.4, 0.5) is 13.2 Å². The van der Waals surface area contributed by atoms with Gasteiger partial charge in [0, 0.05) is 6.61 Å². The summed E-state index contributed by atoms with van der Waals surface area (Å²) in [4.78, 5) is 0. The standard InChI is InChI=1S/C6H10F3NO/c7-6(8,9)5-4-11-3-1-2-10-5/h5,10H,1-4H2. The van der Waals surface area contributed by atoms with Gasteiger partial charge < -0.3 is 10.1 Å². The Morgan fingerprint density at radius 3 is 2.73 bits per heavy atom. The molecule has 0 aromatic rings. The quantitative estimate of drug-likeness (QED) is 0.582. The Kier molecular flexibility index (Phi) is 2.72. The van der Waals surface area contributed by atoms with E-state index in [1.807, 2.05) is 0 Å². The van der Waals surface area contributed by atoms with E-state index in [1.54, 1.807) is 0 Å².